The summed E-state index contributed by atoms with van der Waals surface area (Å²) in [7, 11) is 0. The zero-order valence-electron chi connectivity index (χ0n) is 15.9. The van der Waals surface area contributed by atoms with Gasteiger partial charge in [-0.15, -0.1) is 0 Å². The van der Waals surface area contributed by atoms with Gasteiger partial charge in [0.25, 0.3) is 5.91 Å². The van der Waals surface area contributed by atoms with Crippen molar-refractivity contribution in [2.24, 2.45) is 5.92 Å². The number of rotatable bonds is 6. The summed E-state index contributed by atoms with van der Waals surface area (Å²) in [6, 6.07) is 12.1. The number of carbonyl (C=O) groups is 1. The Morgan fingerprint density at radius 3 is 2.81 bits per heavy atom. The Kier molecular flexibility index (Phi) is 5.23. The van der Waals surface area contributed by atoms with Crippen molar-refractivity contribution in [1.82, 2.24) is 15.2 Å². The molecule has 5 nitrogen and oxygen atoms in total. The highest BCUT2D eigenvalue weighted by molar-refractivity contribution is 5.93. The average molecular weight is 365 g/mol. The van der Waals surface area contributed by atoms with E-state index in [0.29, 0.717) is 18.0 Å². The molecule has 1 spiro atoms. The average Bonchev–Trinajstić information content (AvgIpc) is 3.08. The van der Waals surface area contributed by atoms with Gasteiger partial charge >= 0.3 is 0 Å². The molecule has 2 aliphatic rings. The molecular formula is C22H27N3O2. The molecule has 1 atom stereocenters. The molecule has 2 fully saturated rings. The van der Waals surface area contributed by atoms with Crippen LogP contribution in [0.15, 0.2) is 48.8 Å². The maximum Gasteiger partial charge on any atom is 0.251 e. The van der Waals surface area contributed by atoms with Crippen molar-refractivity contribution in [3.8, 4) is 0 Å². The van der Waals surface area contributed by atoms with Gasteiger partial charge in [0, 0.05) is 50.7 Å². The van der Waals surface area contributed by atoms with Crippen molar-refractivity contribution in [1.29, 1.82) is 0 Å². The third-order valence-corrected chi connectivity index (χ3v) is 5.96. The number of pyridine rings is 1. The number of aryl methyl sites for hydroxylation is 1. The number of nitrogens with zero attached hydrogens (tertiary/aromatic N) is 2. The molecule has 0 saturated carbocycles. The third kappa shape index (κ3) is 3.89. The van der Waals surface area contributed by atoms with E-state index in [1.807, 2.05) is 0 Å². The zero-order valence-corrected chi connectivity index (χ0v) is 15.9. The Labute approximate surface area is 160 Å². The Morgan fingerprint density at radius 2 is 2.04 bits per heavy atom. The van der Waals surface area contributed by atoms with E-state index in [9.17, 15) is 4.79 Å². The summed E-state index contributed by atoms with van der Waals surface area (Å²) in [6.45, 7) is 6.67. The minimum Gasteiger partial charge on any atom is -0.372 e. The van der Waals surface area contributed by atoms with Crippen molar-refractivity contribution in [3.63, 3.8) is 0 Å². The third-order valence-electron chi connectivity index (χ3n) is 5.96. The molecular weight excluding hydrogens is 338 g/mol. The lowest BCUT2D eigenvalue weighted by Gasteiger charge is -2.50. The van der Waals surface area contributed by atoms with Crippen LogP contribution in [0.1, 0.15) is 34.3 Å². The van der Waals surface area contributed by atoms with Gasteiger partial charge in [0.05, 0.1) is 5.60 Å². The van der Waals surface area contributed by atoms with Gasteiger partial charge in [-0.2, -0.15) is 0 Å². The summed E-state index contributed by atoms with van der Waals surface area (Å²) in [4.78, 5) is 18.6. The zero-order chi connectivity index (χ0) is 18.7. The molecule has 142 valence electrons. The molecule has 2 aromatic rings. The van der Waals surface area contributed by atoms with Crippen LogP contribution in [0.2, 0.25) is 0 Å². The minimum atomic E-state index is -0.0276. The molecule has 1 N–H and O–H groups in total. The largest absolute Gasteiger partial charge is 0.372 e. The molecule has 27 heavy (non-hydrogen) atoms. The fourth-order valence-electron chi connectivity index (χ4n) is 4.36. The van der Waals surface area contributed by atoms with E-state index >= 15 is 0 Å². The SMILES string of the molecule is Cc1ccccc1CN1CC2(C1)OCCC2CCNC(=O)c1ccncc1. The summed E-state index contributed by atoms with van der Waals surface area (Å²) in [6.07, 6.45) is 5.34. The predicted octanol–water partition coefficient (Wildman–Crippen LogP) is 2.80. The van der Waals surface area contributed by atoms with E-state index in [0.717, 1.165) is 39.1 Å². The molecule has 4 rings (SSSR count). The lowest BCUT2D eigenvalue weighted by molar-refractivity contribution is -0.136. The van der Waals surface area contributed by atoms with E-state index < -0.39 is 0 Å². The second kappa shape index (κ2) is 7.79. The summed E-state index contributed by atoms with van der Waals surface area (Å²) in [5.74, 6) is 0.489. The van der Waals surface area contributed by atoms with Gasteiger partial charge < -0.3 is 10.1 Å². The van der Waals surface area contributed by atoms with E-state index in [1.54, 1.807) is 24.5 Å². The van der Waals surface area contributed by atoms with E-state index in [2.05, 4.69) is 46.4 Å². The molecule has 5 heteroatoms. The molecule has 1 amide bonds. The highest BCUT2D eigenvalue weighted by Gasteiger charge is 2.52. The Bertz CT molecular complexity index is 787. The van der Waals surface area contributed by atoms with Gasteiger partial charge in [-0.05, 0) is 48.9 Å². The van der Waals surface area contributed by atoms with Crippen LogP contribution in [0.5, 0.6) is 0 Å². The first-order valence-corrected chi connectivity index (χ1v) is 9.75. The lowest BCUT2D eigenvalue weighted by Crippen LogP contribution is -2.64. The molecule has 1 aromatic carbocycles. The number of hydrogen-bond acceptors (Lipinski definition) is 4. The van der Waals surface area contributed by atoms with Crippen LogP contribution < -0.4 is 5.32 Å². The highest BCUT2D eigenvalue weighted by Crippen LogP contribution is 2.42. The monoisotopic (exact) mass is 365 g/mol. The summed E-state index contributed by atoms with van der Waals surface area (Å²) < 4.78 is 6.17. The minimum absolute atomic E-state index is 0.00984. The van der Waals surface area contributed by atoms with Crippen LogP contribution in [0.4, 0.5) is 0 Å². The van der Waals surface area contributed by atoms with Crippen molar-refractivity contribution in [3.05, 3.63) is 65.5 Å². The van der Waals surface area contributed by atoms with Crippen LogP contribution in [-0.4, -0.2) is 47.6 Å². The fraction of sp³-hybridized carbons (Fsp3) is 0.455. The van der Waals surface area contributed by atoms with E-state index in [-0.39, 0.29) is 11.5 Å². The fourth-order valence-corrected chi connectivity index (χ4v) is 4.36. The quantitative estimate of drug-likeness (QED) is 0.855. The smallest absolute Gasteiger partial charge is 0.251 e. The number of benzene rings is 1. The molecule has 2 saturated heterocycles. The number of ether oxygens (including phenoxy) is 1. The maximum absolute atomic E-state index is 12.2. The summed E-state index contributed by atoms with van der Waals surface area (Å²) >= 11 is 0. The highest BCUT2D eigenvalue weighted by atomic mass is 16.5. The van der Waals surface area contributed by atoms with Crippen LogP contribution in [0.25, 0.3) is 0 Å². The topological polar surface area (TPSA) is 54.5 Å². The lowest BCUT2D eigenvalue weighted by atomic mass is 9.78. The summed E-state index contributed by atoms with van der Waals surface area (Å²) in [5.41, 5.74) is 3.40. The molecule has 0 aliphatic carbocycles. The van der Waals surface area contributed by atoms with Gasteiger partial charge in [-0.3, -0.25) is 14.7 Å². The van der Waals surface area contributed by atoms with Crippen LogP contribution in [-0.2, 0) is 11.3 Å². The standard InChI is InChI=1S/C22H27N3O2/c1-17-4-2-3-5-19(17)14-25-15-22(16-25)20(9-13-27-22)8-12-24-21(26)18-6-10-23-11-7-18/h2-7,10-11,20H,8-9,12-16H2,1H3,(H,24,26). The molecule has 3 heterocycles. The predicted molar refractivity (Wildman–Crippen MR) is 104 cm³/mol. The van der Waals surface area contributed by atoms with Crippen LogP contribution in [0.3, 0.4) is 0 Å². The van der Waals surface area contributed by atoms with E-state index in [4.69, 9.17) is 4.74 Å². The Balaban J connectivity index is 1.26. The van der Waals surface area contributed by atoms with Gasteiger partial charge in [0.2, 0.25) is 0 Å². The number of aromatic nitrogens is 1. The normalized spacial score (nSPS) is 21.1. The first-order valence-electron chi connectivity index (χ1n) is 9.75. The van der Waals surface area contributed by atoms with Crippen molar-refractivity contribution in [2.45, 2.75) is 31.9 Å². The molecule has 1 aromatic heterocycles. The Hall–Kier alpha value is -2.24. The summed E-state index contributed by atoms with van der Waals surface area (Å²) in [5, 5.41) is 3.03. The number of carbonyl (C=O) groups excluding carboxylic acids is 1. The van der Waals surface area contributed by atoms with Gasteiger partial charge in [-0.1, -0.05) is 24.3 Å². The number of nitrogens with one attached hydrogen (secondary N) is 1. The molecule has 2 aliphatic heterocycles. The van der Waals surface area contributed by atoms with Gasteiger partial charge in [0.1, 0.15) is 0 Å². The number of likely N-dealkylation sites (tertiary alicyclic amines) is 1. The van der Waals surface area contributed by atoms with Crippen LogP contribution >= 0.6 is 0 Å². The maximum atomic E-state index is 12.2. The first kappa shape index (κ1) is 18.1. The number of amides is 1. The molecule has 0 bridgehead atoms. The molecule has 0 radical (unpaired) electrons. The van der Waals surface area contributed by atoms with E-state index in [1.165, 1.54) is 11.1 Å². The first-order chi connectivity index (χ1) is 13.2. The van der Waals surface area contributed by atoms with Crippen molar-refractivity contribution < 1.29 is 9.53 Å². The second-order valence-corrected chi connectivity index (χ2v) is 7.75. The molecule has 1 unspecified atom stereocenters. The van der Waals surface area contributed by atoms with Gasteiger partial charge in [-0.25, -0.2) is 0 Å². The Morgan fingerprint density at radius 1 is 1.26 bits per heavy atom. The van der Waals surface area contributed by atoms with Gasteiger partial charge in [0.15, 0.2) is 0 Å². The number of hydrogen-bond donors (Lipinski definition) is 1. The van der Waals surface area contributed by atoms with Crippen molar-refractivity contribution in [2.75, 3.05) is 26.2 Å². The van der Waals surface area contributed by atoms with Crippen molar-refractivity contribution >= 4 is 5.91 Å². The second-order valence-electron chi connectivity index (χ2n) is 7.75. The van der Waals surface area contributed by atoms with Crippen LogP contribution in [0, 0.1) is 12.8 Å².